The molecule has 2 aliphatic rings. The van der Waals surface area contributed by atoms with Gasteiger partial charge < -0.3 is 18.1 Å². The second-order valence-electron chi connectivity index (χ2n) is 7.19. The van der Waals surface area contributed by atoms with Crippen molar-refractivity contribution >= 4 is 64.7 Å². The van der Waals surface area contributed by atoms with Gasteiger partial charge in [-0.2, -0.15) is 0 Å². The molecule has 5 nitrogen and oxygen atoms in total. The second kappa shape index (κ2) is 7.78. The summed E-state index contributed by atoms with van der Waals surface area (Å²) in [5.74, 6) is 0. The Morgan fingerprint density at radius 3 is 1.54 bits per heavy atom. The molecule has 0 aromatic heterocycles. The fraction of sp³-hybridized carbons (Fsp3) is 1.00. The molecule has 0 bridgehead atoms. The van der Waals surface area contributed by atoms with Crippen LogP contribution in [0.4, 0.5) is 0 Å². The Morgan fingerprint density at radius 2 is 1.25 bits per heavy atom. The molecule has 0 radical (unpaired) electrons. The molecule has 0 saturated carbocycles. The van der Waals surface area contributed by atoms with Crippen molar-refractivity contribution in [2.24, 2.45) is 0 Å². The lowest BCUT2D eigenvalue weighted by atomic mass is 10.0. The van der Waals surface area contributed by atoms with Crippen molar-refractivity contribution in [2.75, 3.05) is 0 Å². The Balaban J connectivity index is 2.05. The maximum absolute atomic E-state index is 12.7. The molecule has 4 unspecified atom stereocenters. The molecule has 2 heterocycles. The van der Waals surface area contributed by atoms with Crippen molar-refractivity contribution in [1.82, 2.24) is 0 Å². The summed E-state index contributed by atoms with van der Waals surface area (Å²) >= 11 is 11.1. The molecule has 12 heteroatoms. The second-order valence-corrected chi connectivity index (χ2v) is 23.7. The van der Waals surface area contributed by atoms with Gasteiger partial charge >= 0.3 is 0 Å². The van der Waals surface area contributed by atoms with Crippen LogP contribution in [-0.4, -0.2) is 27.6 Å². The topological polar surface area (TPSA) is 54.0 Å². The van der Waals surface area contributed by atoms with Crippen molar-refractivity contribution < 1.29 is 22.3 Å². The summed E-state index contributed by atoms with van der Waals surface area (Å²) < 4.78 is 36.2. The van der Waals surface area contributed by atoms with Gasteiger partial charge in [-0.3, -0.25) is 0 Å². The summed E-state index contributed by atoms with van der Waals surface area (Å²) in [7, 11) is 0.614. The van der Waals surface area contributed by atoms with Crippen LogP contribution in [0.3, 0.4) is 0 Å². The van der Waals surface area contributed by atoms with Crippen LogP contribution < -0.4 is 0 Å². The molecule has 2 aliphatic heterocycles. The van der Waals surface area contributed by atoms with Crippen molar-refractivity contribution in [2.45, 2.75) is 77.8 Å². The predicted octanol–water partition coefficient (Wildman–Crippen LogP) is 5.69. The molecule has 4 atom stereocenters. The van der Waals surface area contributed by atoms with Crippen LogP contribution in [0.2, 0.25) is 0 Å². The Hall–Kier alpha value is 1.99. The van der Waals surface area contributed by atoms with Crippen LogP contribution in [0.15, 0.2) is 0 Å². The van der Waals surface area contributed by atoms with Crippen LogP contribution in [0, 0.1) is 0 Å². The van der Waals surface area contributed by atoms with E-state index in [2.05, 4.69) is 0 Å². The first-order valence-electron chi connectivity index (χ1n) is 7.52. The molecular weight excluding hydrogens is 446 g/mol. The zero-order valence-corrected chi connectivity index (χ0v) is 20.4. The van der Waals surface area contributed by atoms with E-state index in [9.17, 15) is 4.21 Å². The first-order chi connectivity index (χ1) is 10.7. The standard InChI is InChI=1S/C12H24O5P2S5/c1-9-7-11(3,4)16-18(20,14-9)22-24(13)23-19(21)15-10(2)8-12(5,6)17-19/h9-10H,7-8H2,1-6H3. The van der Waals surface area contributed by atoms with E-state index >= 15 is 0 Å². The van der Waals surface area contributed by atoms with Crippen LogP contribution >= 0.6 is 32.2 Å². The zero-order chi connectivity index (χ0) is 18.4. The van der Waals surface area contributed by atoms with Gasteiger partial charge in [-0.05, 0) is 65.2 Å². The molecule has 142 valence electrons. The lowest BCUT2D eigenvalue weighted by Crippen LogP contribution is -2.33. The molecule has 0 amide bonds. The number of rotatable bonds is 4. The Kier molecular flexibility index (Phi) is 7.22. The summed E-state index contributed by atoms with van der Waals surface area (Å²) in [4.78, 5) is 0. The van der Waals surface area contributed by atoms with E-state index in [1.807, 2.05) is 41.5 Å². The van der Waals surface area contributed by atoms with Gasteiger partial charge in [0, 0.05) is 33.7 Å². The molecule has 0 aliphatic carbocycles. The molecule has 2 saturated heterocycles. The van der Waals surface area contributed by atoms with Gasteiger partial charge in [0.2, 0.25) is 0 Å². The van der Waals surface area contributed by atoms with Gasteiger partial charge in [-0.15, -0.1) is 0 Å². The van der Waals surface area contributed by atoms with E-state index in [0.717, 1.165) is 33.7 Å². The normalized spacial score (nSPS) is 43.2. The third kappa shape index (κ3) is 6.55. The van der Waals surface area contributed by atoms with Crippen LogP contribution in [0.5, 0.6) is 0 Å². The molecule has 2 fully saturated rings. The van der Waals surface area contributed by atoms with E-state index in [4.69, 9.17) is 41.7 Å². The molecule has 0 aromatic rings. The lowest BCUT2D eigenvalue weighted by molar-refractivity contribution is 0.00982. The fourth-order valence-electron chi connectivity index (χ4n) is 2.85. The van der Waals surface area contributed by atoms with Crippen molar-refractivity contribution in [3.8, 4) is 0 Å². The summed E-state index contributed by atoms with van der Waals surface area (Å²) in [6.07, 6.45) is 1.45. The highest BCUT2D eigenvalue weighted by molar-refractivity contribution is 9.25. The smallest absolute Gasteiger partial charge is 0.261 e. The van der Waals surface area contributed by atoms with Crippen molar-refractivity contribution in [3.63, 3.8) is 0 Å². The molecule has 2 rings (SSSR count). The molecule has 0 N–H and O–H groups in total. The van der Waals surface area contributed by atoms with Gasteiger partial charge in [0.05, 0.1) is 23.4 Å². The van der Waals surface area contributed by atoms with Crippen LogP contribution in [0.1, 0.15) is 54.4 Å². The van der Waals surface area contributed by atoms with Gasteiger partial charge in [0.15, 0.2) is 8.86 Å². The highest BCUT2D eigenvalue weighted by atomic mass is 33.7. The SMILES string of the molecule is CC1CC(C)(C)OP(=S)(SS(=O)SP2(=S)OC(C)CC(C)(C)O2)O1. The van der Waals surface area contributed by atoms with E-state index in [1.165, 1.54) is 0 Å². The predicted molar refractivity (Wildman–Crippen MR) is 113 cm³/mol. The lowest BCUT2D eigenvalue weighted by Gasteiger charge is -2.41. The summed E-state index contributed by atoms with van der Waals surface area (Å²) in [6, 6.07) is 0. The fourth-order valence-corrected chi connectivity index (χ4v) is 27.8. The van der Waals surface area contributed by atoms with Gasteiger partial charge in [-0.1, -0.05) is 0 Å². The molecule has 0 spiro atoms. The third-order valence-corrected chi connectivity index (χ3v) is 22.3. The Bertz CT molecular complexity index is 561. The van der Waals surface area contributed by atoms with Crippen molar-refractivity contribution in [1.29, 1.82) is 0 Å². The molecule has 24 heavy (non-hydrogen) atoms. The first kappa shape index (κ1) is 22.3. The highest BCUT2D eigenvalue weighted by Gasteiger charge is 2.44. The van der Waals surface area contributed by atoms with Gasteiger partial charge in [0.25, 0.3) is 11.4 Å². The Morgan fingerprint density at radius 1 is 0.917 bits per heavy atom. The van der Waals surface area contributed by atoms with E-state index in [-0.39, 0.29) is 23.4 Å². The number of hydrogen-bond donors (Lipinski definition) is 0. The largest absolute Gasteiger partial charge is 0.318 e. The summed E-state index contributed by atoms with van der Waals surface area (Å²) in [6.45, 7) is 11.8. The summed E-state index contributed by atoms with van der Waals surface area (Å²) in [5, 5.41) is 0. The van der Waals surface area contributed by atoms with E-state index in [0.29, 0.717) is 0 Å². The average molecular weight is 471 g/mol. The quantitative estimate of drug-likeness (QED) is 0.381. The van der Waals surface area contributed by atoms with Crippen molar-refractivity contribution in [3.05, 3.63) is 0 Å². The zero-order valence-electron chi connectivity index (χ0n) is 14.5. The maximum atomic E-state index is 12.7. The monoisotopic (exact) mass is 470 g/mol. The van der Waals surface area contributed by atoms with Gasteiger partial charge in [-0.25, -0.2) is 4.21 Å². The average Bonchev–Trinajstić information content (AvgIpc) is 2.17. The number of hydrogen-bond acceptors (Lipinski definition) is 9. The molecule has 0 aromatic carbocycles. The summed E-state index contributed by atoms with van der Waals surface area (Å²) in [5.41, 5.74) is -6.18. The van der Waals surface area contributed by atoms with Crippen LogP contribution in [-0.2, 0) is 50.6 Å². The minimum Gasteiger partial charge on any atom is -0.318 e. The minimum atomic E-state index is -2.70. The van der Waals surface area contributed by atoms with Crippen LogP contribution in [0.25, 0.3) is 0 Å². The van der Waals surface area contributed by atoms with E-state index in [1.54, 1.807) is 0 Å². The third-order valence-electron chi connectivity index (χ3n) is 3.20. The van der Waals surface area contributed by atoms with Gasteiger partial charge in [0.1, 0.15) is 0 Å². The Labute approximate surface area is 164 Å². The first-order valence-corrected chi connectivity index (χ1v) is 17.8. The molecular formula is C12H24O5P2S5. The minimum absolute atomic E-state index is 0.0255. The van der Waals surface area contributed by atoms with E-state index < -0.39 is 20.3 Å². The highest BCUT2D eigenvalue weighted by Crippen LogP contribution is 2.75. The maximum Gasteiger partial charge on any atom is 0.261 e.